The number of carbonyl (C=O) groups excluding carboxylic acids is 1. The van der Waals surface area contributed by atoms with Gasteiger partial charge >= 0.3 is 0 Å². The van der Waals surface area contributed by atoms with E-state index < -0.39 is 0 Å². The SMILES string of the molecule is Cn1c(SCC(=O)Nc2cc(Cl)ccc2Cl)nnc1-c1cccc(Cl)c1. The number of benzene rings is 2. The molecule has 0 saturated carbocycles. The Balaban J connectivity index is 1.67. The van der Waals surface area contributed by atoms with Crippen LogP contribution in [0.15, 0.2) is 47.6 Å². The Morgan fingerprint density at radius 1 is 1.12 bits per heavy atom. The topological polar surface area (TPSA) is 59.8 Å². The van der Waals surface area contributed by atoms with Crippen LogP contribution in [-0.4, -0.2) is 26.4 Å². The van der Waals surface area contributed by atoms with Crippen molar-refractivity contribution in [3.8, 4) is 11.4 Å². The summed E-state index contributed by atoms with van der Waals surface area (Å²) in [6, 6.07) is 12.2. The Hall–Kier alpha value is -1.73. The van der Waals surface area contributed by atoms with E-state index in [4.69, 9.17) is 34.8 Å². The van der Waals surface area contributed by atoms with Gasteiger partial charge in [-0.25, -0.2) is 0 Å². The summed E-state index contributed by atoms with van der Waals surface area (Å²) in [5.74, 6) is 0.615. The second kappa shape index (κ2) is 8.31. The highest BCUT2D eigenvalue weighted by atomic mass is 35.5. The van der Waals surface area contributed by atoms with Gasteiger partial charge in [0.2, 0.25) is 5.91 Å². The predicted octanol–water partition coefficient (Wildman–Crippen LogP) is 5.17. The number of carbonyl (C=O) groups is 1. The molecule has 0 aliphatic rings. The maximum Gasteiger partial charge on any atom is 0.234 e. The number of rotatable bonds is 5. The van der Waals surface area contributed by atoms with Gasteiger partial charge in [-0.15, -0.1) is 10.2 Å². The van der Waals surface area contributed by atoms with E-state index in [2.05, 4.69) is 15.5 Å². The van der Waals surface area contributed by atoms with Crippen LogP contribution in [0.1, 0.15) is 0 Å². The number of amides is 1. The van der Waals surface area contributed by atoms with Crippen LogP contribution >= 0.6 is 46.6 Å². The summed E-state index contributed by atoms with van der Waals surface area (Å²) in [6.45, 7) is 0. The molecule has 0 atom stereocenters. The van der Waals surface area contributed by atoms with Gasteiger partial charge in [-0.1, -0.05) is 58.7 Å². The molecule has 5 nitrogen and oxygen atoms in total. The summed E-state index contributed by atoms with van der Waals surface area (Å²) in [4.78, 5) is 12.2. The second-order valence-corrected chi connectivity index (χ2v) is 7.56. The van der Waals surface area contributed by atoms with Crippen LogP contribution in [0.2, 0.25) is 15.1 Å². The maximum atomic E-state index is 12.2. The van der Waals surface area contributed by atoms with E-state index in [9.17, 15) is 4.79 Å². The average Bonchev–Trinajstić information content (AvgIpc) is 2.97. The number of halogens is 3. The van der Waals surface area contributed by atoms with E-state index in [1.165, 1.54) is 11.8 Å². The molecule has 1 amide bonds. The summed E-state index contributed by atoms with van der Waals surface area (Å²) in [6.07, 6.45) is 0. The standard InChI is InChI=1S/C17H13Cl3N4OS/c1-24-16(10-3-2-4-11(18)7-10)22-23-17(24)26-9-15(25)21-14-8-12(19)5-6-13(14)20/h2-8H,9H2,1H3,(H,21,25). The molecular weight excluding hydrogens is 415 g/mol. The van der Waals surface area contributed by atoms with Crippen molar-refractivity contribution >= 4 is 58.2 Å². The highest BCUT2D eigenvalue weighted by Gasteiger charge is 2.14. The predicted molar refractivity (Wildman–Crippen MR) is 107 cm³/mol. The molecule has 9 heteroatoms. The van der Waals surface area contributed by atoms with Crippen molar-refractivity contribution in [2.45, 2.75) is 5.16 Å². The lowest BCUT2D eigenvalue weighted by Crippen LogP contribution is -2.14. The van der Waals surface area contributed by atoms with Gasteiger partial charge in [-0.2, -0.15) is 0 Å². The number of anilines is 1. The Morgan fingerprint density at radius 2 is 1.88 bits per heavy atom. The maximum absolute atomic E-state index is 12.2. The second-order valence-electron chi connectivity index (χ2n) is 5.34. The molecule has 0 aliphatic carbocycles. The van der Waals surface area contributed by atoms with Crippen molar-refractivity contribution in [3.05, 3.63) is 57.5 Å². The van der Waals surface area contributed by atoms with Crippen LogP contribution in [0.25, 0.3) is 11.4 Å². The highest BCUT2D eigenvalue weighted by Crippen LogP contribution is 2.27. The zero-order valence-electron chi connectivity index (χ0n) is 13.5. The average molecular weight is 428 g/mol. The van der Waals surface area contributed by atoms with Gasteiger partial charge in [0.25, 0.3) is 0 Å². The van der Waals surface area contributed by atoms with Crippen molar-refractivity contribution in [2.24, 2.45) is 7.05 Å². The largest absolute Gasteiger partial charge is 0.324 e. The fourth-order valence-corrected chi connectivity index (χ4v) is 3.47. The van der Waals surface area contributed by atoms with Gasteiger partial charge in [-0.3, -0.25) is 4.79 Å². The molecular formula is C17H13Cl3N4OS. The van der Waals surface area contributed by atoms with Crippen molar-refractivity contribution in [1.29, 1.82) is 0 Å². The molecule has 1 heterocycles. The Bertz CT molecular complexity index is 961. The Morgan fingerprint density at radius 3 is 2.65 bits per heavy atom. The van der Waals surface area contributed by atoms with E-state index >= 15 is 0 Å². The third kappa shape index (κ3) is 4.51. The number of hydrogen-bond donors (Lipinski definition) is 1. The Labute approximate surface area is 169 Å². The molecule has 0 unspecified atom stereocenters. The van der Waals surface area contributed by atoms with E-state index in [0.29, 0.717) is 31.7 Å². The molecule has 0 spiro atoms. The summed E-state index contributed by atoms with van der Waals surface area (Å²) < 4.78 is 1.82. The van der Waals surface area contributed by atoms with E-state index in [-0.39, 0.29) is 11.7 Å². The minimum Gasteiger partial charge on any atom is -0.324 e. The van der Waals surface area contributed by atoms with Gasteiger partial charge in [0.05, 0.1) is 16.5 Å². The monoisotopic (exact) mass is 426 g/mol. The number of aromatic nitrogens is 3. The fourth-order valence-electron chi connectivity index (χ4n) is 2.23. The third-order valence-electron chi connectivity index (χ3n) is 3.45. The molecule has 0 radical (unpaired) electrons. The van der Waals surface area contributed by atoms with Crippen LogP contribution in [0.3, 0.4) is 0 Å². The van der Waals surface area contributed by atoms with Crippen molar-refractivity contribution in [2.75, 3.05) is 11.1 Å². The molecule has 0 aliphatic heterocycles. The molecule has 1 N–H and O–H groups in total. The van der Waals surface area contributed by atoms with E-state index in [1.54, 1.807) is 24.3 Å². The van der Waals surface area contributed by atoms with Gasteiger partial charge in [0.15, 0.2) is 11.0 Å². The highest BCUT2D eigenvalue weighted by molar-refractivity contribution is 7.99. The van der Waals surface area contributed by atoms with Gasteiger partial charge in [-0.05, 0) is 30.3 Å². The summed E-state index contributed by atoms with van der Waals surface area (Å²) in [5.41, 5.74) is 1.33. The molecule has 134 valence electrons. The number of thioether (sulfide) groups is 1. The zero-order chi connectivity index (χ0) is 18.7. The number of hydrogen-bond acceptors (Lipinski definition) is 4. The number of nitrogens with one attached hydrogen (secondary N) is 1. The minimum atomic E-state index is -0.216. The summed E-state index contributed by atoms with van der Waals surface area (Å²) in [7, 11) is 1.84. The fraction of sp³-hybridized carbons (Fsp3) is 0.118. The first-order chi connectivity index (χ1) is 12.4. The zero-order valence-corrected chi connectivity index (χ0v) is 16.6. The van der Waals surface area contributed by atoms with Crippen LogP contribution in [0, 0.1) is 0 Å². The van der Waals surface area contributed by atoms with Gasteiger partial charge in [0.1, 0.15) is 0 Å². The van der Waals surface area contributed by atoms with Crippen molar-refractivity contribution < 1.29 is 4.79 Å². The van der Waals surface area contributed by atoms with Crippen molar-refractivity contribution in [1.82, 2.24) is 14.8 Å². The van der Waals surface area contributed by atoms with Crippen LogP contribution < -0.4 is 5.32 Å². The Kier molecular flexibility index (Phi) is 6.09. The lowest BCUT2D eigenvalue weighted by atomic mass is 10.2. The first-order valence-corrected chi connectivity index (χ1v) is 9.59. The molecule has 0 fully saturated rings. The van der Waals surface area contributed by atoms with Gasteiger partial charge in [0, 0.05) is 22.7 Å². The normalized spacial score (nSPS) is 10.8. The summed E-state index contributed by atoms with van der Waals surface area (Å²) >= 11 is 19.3. The smallest absolute Gasteiger partial charge is 0.234 e. The lowest BCUT2D eigenvalue weighted by molar-refractivity contribution is -0.113. The third-order valence-corrected chi connectivity index (χ3v) is 5.27. The molecule has 3 aromatic rings. The molecule has 2 aromatic carbocycles. The van der Waals surface area contributed by atoms with Crippen LogP contribution in [0.4, 0.5) is 5.69 Å². The van der Waals surface area contributed by atoms with E-state index in [1.807, 2.05) is 29.8 Å². The van der Waals surface area contributed by atoms with Crippen molar-refractivity contribution in [3.63, 3.8) is 0 Å². The molecule has 3 rings (SSSR count). The molecule has 0 saturated heterocycles. The first kappa shape index (κ1) is 19.0. The van der Waals surface area contributed by atoms with Crippen LogP contribution in [-0.2, 0) is 11.8 Å². The summed E-state index contributed by atoms with van der Waals surface area (Å²) in [5, 5.41) is 13.2. The van der Waals surface area contributed by atoms with Gasteiger partial charge < -0.3 is 9.88 Å². The molecule has 1 aromatic heterocycles. The number of nitrogens with zero attached hydrogens (tertiary/aromatic N) is 3. The minimum absolute atomic E-state index is 0.157. The molecule has 26 heavy (non-hydrogen) atoms. The molecule has 0 bridgehead atoms. The lowest BCUT2D eigenvalue weighted by Gasteiger charge is -2.07. The quantitative estimate of drug-likeness (QED) is 0.570. The van der Waals surface area contributed by atoms with Crippen LogP contribution in [0.5, 0.6) is 0 Å². The first-order valence-electron chi connectivity index (χ1n) is 7.47. The van der Waals surface area contributed by atoms with E-state index in [0.717, 1.165) is 5.56 Å².